The molecule has 1 amide bonds. The molecule has 0 aliphatic carbocycles. The summed E-state index contributed by atoms with van der Waals surface area (Å²) in [6.07, 6.45) is 4.15. The lowest BCUT2D eigenvalue weighted by Crippen LogP contribution is -2.47. The van der Waals surface area contributed by atoms with Crippen molar-refractivity contribution >= 4 is 17.5 Å². The van der Waals surface area contributed by atoms with Gasteiger partial charge in [-0.25, -0.2) is 19.3 Å². The van der Waals surface area contributed by atoms with Crippen molar-refractivity contribution in [3.8, 4) is 22.6 Å². The highest BCUT2D eigenvalue weighted by Crippen LogP contribution is 2.35. The summed E-state index contributed by atoms with van der Waals surface area (Å²) in [5.74, 6) is 0.257. The van der Waals surface area contributed by atoms with Gasteiger partial charge in [0, 0.05) is 25.0 Å². The monoisotopic (exact) mass is 489 g/mol. The fourth-order valence-corrected chi connectivity index (χ4v) is 3.83. The number of halogens is 1. The first kappa shape index (κ1) is 23.5. The molecule has 0 unspecified atom stereocenters. The average molecular weight is 490 g/mol. The molecule has 0 radical (unpaired) electrons. The van der Waals surface area contributed by atoms with E-state index in [4.69, 9.17) is 14.5 Å². The molecule has 184 valence electrons. The maximum Gasteiger partial charge on any atom is 0.230 e. The zero-order valence-corrected chi connectivity index (χ0v) is 19.7. The number of H-pyrrole nitrogens is 1. The molecule has 0 saturated carbocycles. The first-order valence-electron chi connectivity index (χ1n) is 11.3. The highest BCUT2D eigenvalue weighted by molar-refractivity contribution is 5.82. The van der Waals surface area contributed by atoms with Gasteiger partial charge in [0.05, 0.1) is 47.6 Å². The SMILES string of the molecule is CNC(=O)C1(C)COC(c2nc(-c3ccc(F)cc3)c(-c3ccnc(Nc4cccnc4)n3)[nH]2)OC1. The van der Waals surface area contributed by atoms with E-state index in [0.29, 0.717) is 34.4 Å². The first-order valence-corrected chi connectivity index (χ1v) is 11.3. The van der Waals surface area contributed by atoms with E-state index in [-0.39, 0.29) is 24.9 Å². The van der Waals surface area contributed by atoms with Crippen molar-refractivity contribution < 1.29 is 18.7 Å². The van der Waals surface area contributed by atoms with Crippen LogP contribution in [0, 0.1) is 11.2 Å². The molecule has 10 nitrogen and oxygen atoms in total. The Balaban J connectivity index is 1.49. The maximum atomic E-state index is 13.6. The van der Waals surface area contributed by atoms with Gasteiger partial charge in [0.2, 0.25) is 18.1 Å². The summed E-state index contributed by atoms with van der Waals surface area (Å²) >= 11 is 0. The summed E-state index contributed by atoms with van der Waals surface area (Å²) in [7, 11) is 1.58. The summed E-state index contributed by atoms with van der Waals surface area (Å²) in [5.41, 5.74) is 2.30. The zero-order valence-electron chi connectivity index (χ0n) is 19.7. The van der Waals surface area contributed by atoms with Gasteiger partial charge in [0.15, 0.2) is 5.82 Å². The number of aromatic nitrogens is 5. The van der Waals surface area contributed by atoms with Crippen LogP contribution < -0.4 is 10.6 Å². The van der Waals surface area contributed by atoms with E-state index in [1.165, 1.54) is 12.1 Å². The lowest BCUT2D eigenvalue weighted by atomic mass is 9.91. The standard InChI is InChI=1S/C25H24FN7O3/c1-25(23(34)27-2)13-35-22(36-14-25)21-32-19(15-5-7-16(26)8-6-15)20(33-21)18-9-11-29-24(31-18)30-17-4-3-10-28-12-17/h3-12,22H,13-14H2,1-2H3,(H,27,34)(H,32,33)(H,29,30,31). The predicted molar refractivity (Wildman–Crippen MR) is 129 cm³/mol. The second kappa shape index (κ2) is 9.80. The summed E-state index contributed by atoms with van der Waals surface area (Å²) in [4.78, 5) is 33.2. The molecule has 1 aliphatic heterocycles. The van der Waals surface area contributed by atoms with Crippen molar-refractivity contribution in [1.29, 1.82) is 0 Å². The fraction of sp³-hybridized carbons (Fsp3) is 0.240. The quantitative estimate of drug-likeness (QED) is 0.375. The Labute approximate surface area is 206 Å². The molecule has 36 heavy (non-hydrogen) atoms. The Bertz CT molecular complexity index is 1350. The summed E-state index contributed by atoms with van der Waals surface area (Å²) < 4.78 is 25.4. The van der Waals surface area contributed by atoms with Crippen molar-refractivity contribution in [2.75, 3.05) is 25.6 Å². The van der Waals surface area contributed by atoms with Crippen LogP contribution in [-0.4, -0.2) is 51.1 Å². The van der Waals surface area contributed by atoms with Gasteiger partial charge in [0.25, 0.3) is 0 Å². The Morgan fingerprint density at radius 3 is 2.58 bits per heavy atom. The van der Waals surface area contributed by atoms with E-state index < -0.39 is 11.7 Å². The number of nitrogens with one attached hydrogen (secondary N) is 3. The number of ether oxygens (including phenoxy) is 2. The number of nitrogens with zero attached hydrogens (tertiary/aromatic N) is 4. The Kier molecular flexibility index (Phi) is 6.40. The molecule has 5 rings (SSSR count). The largest absolute Gasteiger partial charge is 0.359 e. The minimum absolute atomic E-state index is 0.159. The molecule has 0 spiro atoms. The number of rotatable bonds is 6. The van der Waals surface area contributed by atoms with Crippen LogP contribution in [0.1, 0.15) is 19.0 Å². The van der Waals surface area contributed by atoms with Gasteiger partial charge in [-0.15, -0.1) is 0 Å². The molecule has 4 heterocycles. The lowest BCUT2D eigenvalue weighted by molar-refractivity contribution is -0.230. The molecule has 0 atom stereocenters. The number of pyridine rings is 1. The smallest absolute Gasteiger partial charge is 0.230 e. The van der Waals surface area contributed by atoms with E-state index in [2.05, 4.69) is 30.6 Å². The molecule has 1 aromatic carbocycles. The summed E-state index contributed by atoms with van der Waals surface area (Å²) in [5, 5.41) is 5.76. The van der Waals surface area contributed by atoms with Crippen molar-refractivity contribution in [3.63, 3.8) is 0 Å². The molecule has 3 aromatic heterocycles. The number of carbonyl (C=O) groups is 1. The number of hydrogen-bond donors (Lipinski definition) is 3. The van der Waals surface area contributed by atoms with Crippen LogP contribution >= 0.6 is 0 Å². The van der Waals surface area contributed by atoms with E-state index >= 15 is 0 Å². The van der Waals surface area contributed by atoms with Crippen LogP contribution in [0.15, 0.2) is 61.1 Å². The molecule has 0 bridgehead atoms. The molecular weight excluding hydrogens is 465 g/mol. The molecule has 1 aliphatic rings. The Morgan fingerprint density at radius 1 is 1.11 bits per heavy atom. The van der Waals surface area contributed by atoms with E-state index in [1.54, 1.807) is 56.8 Å². The summed E-state index contributed by atoms with van der Waals surface area (Å²) in [6.45, 7) is 2.09. The van der Waals surface area contributed by atoms with Crippen LogP contribution in [0.3, 0.4) is 0 Å². The molecule has 4 aromatic rings. The number of hydrogen-bond acceptors (Lipinski definition) is 8. The third-order valence-corrected chi connectivity index (χ3v) is 5.77. The van der Waals surface area contributed by atoms with Crippen LogP contribution in [0.2, 0.25) is 0 Å². The normalized spacial score (nSPS) is 19.6. The molecule has 3 N–H and O–H groups in total. The van der Waals surface area contributed by atoms with Crippen molar-refractivity contribution in [3.05, 3.63) is 72.7 Å². The number of anilines is 2. The number of benzene rings is 1. The van der Waals surface area contributed by atoms with Gasteiger partial charge < -0.3 is 25.1 Å². The van der Waals surface area contributed by atoms with Gasteiger partial charge in [-0.1, -0.05) is 0 Å². The fourth-order valence-electron chi connectivity index (χ4n) is 3.83. The van der Waals surface area contributed by atoms with Crippen molar-refractivity contribution in [2.24, 2.45) is 5.41 Å². The minimum atomic E-state index is -0.814. The van der Waals surface area contributed by atoms with Gasteiger partial charge in [-0.05, 0) is 49.4 Å². The third kappa shape index (κ3) is 4.79. The zero-order chi connectivity index (χ0) is 25.1. The number of aromatic amines is 1. The third-order valence-electron chi connectivity index (χ3n) is 5.77. The summed E-state index contributed by atoms with van der Waals surface area (Å²) in [6, 6.07) is 11.4. The van der Waals surface area contributed by atoms with Crippen molar-refractivity contribution in [1.82, 2.24) is 30.2 Å². The number of amides is 1. The van der Waals surface area contributed by atoms with Gasteiger partial charge in [-0.2, -0.15) is 0 Å². The topological polar surface area (TPSA) is 127 Å². The number of imidazole rings is 1. The Morgan fingerprint density at radius 2 is 1.89 bits per heavy atom. The maximum absolute atomic E-state index is 13.6. The molecule has 1 saturated heterocycles. The van der Waals surface area contributed by atoms with E-state index in [9.17, 15) is 9.18 Å². The van der Waals surface area contributed by atoms with Crippen molar-refractivity contribution in [2.45, 2.75) is 13.2 Å². The average Bonchev–Trinajstić information content (AvgIpc) is 3.35. The lowest BCUT2D eigenvalue weighted by Gasteiger charge is -2.34. The van der Waals surface area contributed by atoms with Crippen LogP contribution in [0.5, 0.6) is 0 Å². The van der Waals surface area contributed by atoms with Crippen LogP contribution in [0.4, 0.5) is 16.0 Å². The minimum Gasteiger partial charge on any atom is -0.359 e. The van der Waals surface area contributed by atoms with Gasteiger partial charge in [0.1, 0.15) is 5.82 Å². The van der Waals surface area contributed by atoms with Gasteiger partial charge >= 0.3 is 0 Å². The molecular formula is C25H24FN7O3. The van der Waals surface area contributed by atoms with E-state index in [1.807, 2.05) is 6.07 Å². The second-order valence-electron chi connectivity index (χ2n) is 8.58. The number of carbonyl (C=O) groups excluding carboxylic acids is 1. The highest BCUT2D eigenvalue weighted by Gasteiger charge is 2.40. The second-order valence-corrected chi connectivity index (χ2v) is 8.58. The van der Waals surface area contributed by atoms with E-state index in [0.717, 1.165) is 5.69 Å². The Hall–Kier alpha value is -4.22. The predicted octanol–water partition coefficient (Wildman–Crippen LogP) is 3.61. The van der Waals surface area contributed by atoms with Crippen LogP contribution in [-0.2, 0) is 14.3 Å². The highest BCUT2D eigenvalue weighted by atomic mass is 19.1. The first-order chi connectivity index (χ1) is 17.4. The van der Waals surface area contributed by atoms with Crippen LogP contribution in [0.25, 0.3) is 22.6 Å². The van der Waals surface area contributed by atoms with Gasteiger partial charge in [-0.3, -0.25) is 9.78 Å². The molecule has 1 fully saturated rings. The molecule has 11 heteroatoms.